The molecule has 2 heterocycles. The molecule has 1 aromatic heterocycles. The first-order valence-corrected chi connectivity index (χ1v) is 7.35. The second kappa shape index (κ2) is 6.29. The summed E-state index contributed by atoms with van der Waals surface area (Å²) in [5.74, 6) is 1.64. The maximum absolute atomic E-state index is 5.97. The molecule has 0 N–H and O–H groups in total. The number of pyridine rings is 1. The third kappa shape index (κ3) is 2.55. The Bertz CT molecular complexity index is 440. The lowest BCUT2D eigenvalue weighted by Gasteiger charge is -2.29. The fourth-order valence-corrected chi connectivity index (χ4v) is 2.68. The zero-order valence-corrected chi connectivity index (χ0v) is 12.3. The molecule has 0 aromatic carbocycles. The Labute approximate surface area is 121 Å². The van der Waals surface area contributed by atoms with Gasteiger partial charge in [-0.05, 0) is 5.56 Å². The predicted octanol–water partition coefficient (Wildman–Crippen LogP) is 3.94. The van der Waals surface area contributed by atoms with Crippen LogP contribution in [0, 0.1) is 0 Å². The normalized spacial score (nSPS) is 18.3. The van der Waals surface area contributed by atoms with Crippen LogP contribution in [0.4, 0.5) is 0 Å². The lowest BCUT2D eigenvalue weighted by atomic mass is 10.1. The van der Waals surface area contributed by atoms with Gasteiger partial charge >= 0.3 is 0 Å². The van der Waals surface area contributed by atoms with E-state index in [1.165, 1.54) is 0 Å². The van der Waals surface area contributed by atoms with Crippen LogP contribution in [0.2, 0.25) is 0 Å². The summed E-state index contributed by atoms with van der Waals surface area (Å²) in [7, 11) is 0. The molecule has 100 valence electrons. The summed E-state index contributed by atoms with van der Waals surface area (Å²) in [6, 6.07) is 0. The molecule has 1 aliphatic rings. The quantitative estimate of drug-likeness (QED) is 0.789. The Balaban J connectivity index is 2.52. The second-order valence-corrected chi connectivity index (χ2v) is 4.76. The highest BCUT2D eigenvalue weighted by Gasteiger charge is 2.26. The van der Waals surface area contributed by atoms with Gasteiger partial charge in [0.25, 0.3) is 0 Å². The van der Waals surface area contributed by atoms with E-state index >= 15 is 0 Å². The van der Waals surface area contributed by atoms with Gasteiger partial charge in [0, 0.05) is 17.9 Å². The number of alkyl halides is 3. The Morgan fingerprint density at radius 2 is 1.89 bits per heavy atom. The van der Waals surface area contributed by atoms with Gasteiger partial charge in [-0.25, -0.2) is 0 Å². The molecule has 0 fully saturated rings. The zero-order chi connectivity index (χ0) is 13.1. The molecule has 0 amide bonds. The summed E-state index contributed by atoms with van der Waals surface area (Å²) in [5, 5.41) is 0. The number of rotatable bonds is 4. The van der Waals surface area contributed by atoms with Gasteiger partial charge in [-0.2, -0.15) is 0 Å². The topological polar surface area (TPSA) is 31.4 Å². The first-order chi connectivity index (χ1) is 8.74. The molecule has 1 unspecified atom stereocenters. The minimum Gasteiger partial charge on any atom is -0.463 e. The summed E-state index contributed by atoms with van der Waals surface area (Å²) in [6.07, 6.45) is 0.528. The molecule has 1 atom stereocenters. The number of halogens is 3. The SMILES string of the molecule is CCC1OCc2c(CCl)c(CCl)nc(CCl)c2O1. The molecule has 0 aliphatic carbocycles. The summed E-state index contributed by atoms with van der Waals surface area (Å²) in [4.78, 5) is 4.43. The lowest BCUT2D eigenvalue weighted by molar-refractivity contribution is -0.109. The molecule has 0 spiro atoms. The fraction of sp³-hybridized carbons (Fsp3) is 0.583. The van der Waals surface area contributed by atoms with Gasteiger partial charge in [0.15, 0.2) is 12.0 Å². The van der Waals surface area contributed by atoms with Crippen molar-refractivity contribution in [3.63, 3.8) is 0 Å². The monoisotopic (exact) mass is 309 g/mol. The van der Waals surface area contributed by atoms with E-state index < -0.39 is 0 Å². The molecule has 3 nitrogen and oxygen atoms in total. The van der Waals surface area contributed by atoms with Gasteiger partial charge in [0.2, 0.25) is 0 Å². The van der Waals surface area contributed by atoms with Crippen molar-refractivity contribution in [1.82, 2.24) is 4.98 Å². The Morgan fingerprint density at radius 3 is 2.44 bits per heavy atom. The van der Waals surface area contributed by atoms with Crippen LogP contribution in [-0.4, -0.2) is 11.3 Å². The van der Waals surface area contributed by atoms with Crippen LogP contribution in [0.1, 0.15) is 35.9 Å². The van der Waals surface area contributed by atoms with Crippen LogP contribution in [0.25, 0.3) is 0 Å². The summed E-state index contributed by atoms with van der Waals surface area (Å²) < 4.78 is 11.4. The van der Waals surface area contributed by atoms with Gasteiger partial charge in [-0.3, -0.25) is 4.98 Å². The van der Waals surface area contributed by atoms with Crippen molar-refractivity contribution in [2.45, 2.75) is 43.9 Å². The summed E-state index contributed by atoms with van der Waals surface area (Å²) >= 11 is 17.8. The average molecular weight is 311 g/mol. The van der Waals surface area contributed by atoms with E-state index in [1.807, 2.05) is 6.92 Å². The lowest BCUT2D eigenvalue weighted by Crippen LogP contribution is -2.27. The minimum atomic E-state index is -0.244. The van der Waals surface area contributed by atoms with Gasteiger partial charge in [0.05, 0.1) is 29.8 Å². The van der Waals surface area contributed by atoms with Crippen molar-refractivity contribution in [2.24, 2.45) is 0 Å². The van der Waals surface area contributed by atoms with Gasteiger partial charge in [-0.15, -0.1) is 34.8 Å². The molecule has 1 aliphatic heterocycles. The molecular formula is C12H14Cl3NO2. The molecule has 0 saturated heterocycles. The zero-order valence-electron chi connectivity index (χ0n) is 10.0. The molecule has 0 radical (unpaired) electrons. The van der Waals surface area contributed by atoms with Crippen LogP contribution < -0.4 is 4.74 Å². The number of ether oxygens (including phenoxy) is 2. The highest BCUT2D eigenvalue weighted by molar-refractivity contribution is 6.19. The van der Waals surface area contributed by atoms with E-state index in [0.717, 1.165) is 23.2 Å². The number of aromatic nitrogens is 1. The van der Waals surface area contributed by atoms with E-state index in [0.29, 0.717) is 29.8 Å². The molecule has 1 aromatic rings. The van der Waals surface area contributed by atoms with E-state index in [9.17, 15) is 0 Å². The molecule has 0 bridgehead atoms. The number of fused-ring (bicyclic) bond motifs is 1. The third-order valence-electron chi connectivity index (χ3n) is 2.90. The summed E-state index contributed by atoms with van der Waals surface area (Å²) in [6.45, 7) is 2.46. The van der Waals surface area contributed by atoms with Gasteiger partial charge in [-0.1, -0.05) is 6.92 Å². The second-order valence-electron chi connectivity index (χ2n) is 3.96. The van der Waals surface area contributed by atoms with E-state index in [2.05, 4.69) is 4.98 Å². The molecule has 2 rings (SSSR count). The van der Waals surface area contributed by atoms with Crippen molar-refractivity contribution < 1.29 is 9.47 Å². The Morgan fingerprint density at radius 1 is 1.17 bits per heavy atom. The first kappa shape index (κ1) is 14.2. The van der Waals surface area contributed by atoms with Gasteiger partial charge < -0.3 is 9.47 Å². The van der Waals surface area contributed by atoms with Crippen LogP contribution in [0.3, 0.4) is 0 Å². The van der Waals surface area contributed by atoms with Crippen LogP contribution in [0.15, 0.2) is 0 Å². The van der Waals surface area contributed by atoms with Gasteiger partial charge in [0.1, 0.15) is 0 Å². The highest BCUT2D eigenvalue weighted by Crippen LogP contribution is 2.36. The maximum Gasteiger partial charge on any atom is 0.200 e. The van der Waals surface area contributed by atoms with E-state index in [-0.39, 0.29) is 12.2 Å². The van der Waals surface area contributed by atoms with Crippen LogP contribution in [0.5, 0.6) is 5.75 Å². The molecule has 6 heteroatoms. The van der Waals surface area contributed by atoms with E-state index in [1.54, 1.807) is 0 Å². The van der Waals surface area contributed by atoms with Crippen molar-refractivity contribution in [2.75, 3.05) is 0 Å². The Kier molecular flexibility index (Phi) is 4.96. The fourth-order valence-electron chi connectivity index (χ4n) is 1.96. The van der Waals surface area contributed by atoms with Crippen LogP contribution >= 0.6 is 34.8 Å². The van der Waals surface area contributed by atoms with Crippen molar-refractivity contribution in [1.29, 1.82) is 0 Å². The Hall–Kier alpha value is -0.220. The molecule has 0 saturated carbocycles. The third-order valence-corrected chi connectivity index (χ3v) is 3.68. The van der Waals surface area contributed by atoms with E-state index in [4.69, 9.17) is 44.3 Å². The van der Waals surface area contributed by atoms with Crippen LogP contribution in [-0.2, 0) is 29.0 Å². The largest absolute Gasteiger partial charge is 0.463 e. The molecule has 18 heavy (non-hydrogen) atoms. The number of hydrogen-bond donors (Lipinski definition) is 0. The molecular weight excluding hydrogens is 296 g/mol. The van der Waals surface area contributed by atoms with Crippen molar-refractivity contribution >= 4 is 34.8 Å². The maximum atomic E-state index is 5.97. The minimum absolute atomic E-state index is 0.244. The highest BCUT2D eigenvalue weighted by atomic mass is 35.5. The number of hydrogen-bond acceptors (Lipinski definition) is 3. The first-order valence-electron chi connectivity index (χ1n) is 5.74. The average Bonchev–Trinajstić information content (AvgIpc) is 2.44. The summed E-state index contributed by atoms with van der Waals surface area (Å²) in [5.41, 5.74) is 3.28. The van der Waals surface area contributed by atoms with Crippen molar-refractivity contribution in [3.8, 4) is 5.75 Å². The number of nitrogens with zero attached hydrogens (tertiary/aromatic N) is 1. The predicted molar refractivity (Wildman–Crippen MR) is 72.4 cm³/mol. The smallest absolute Gasteiger partial charge is 0.200 e. The van der Waals surface area contributed by atoms with Crippen molar-refractivity contribution in [3.05, 3.63) is 22.5 Å². The standard InChI is InChI=1S/C12H14Cl3NO2/c1-2-11-17-6-8-7(3-13)9(4-14)16-10(5-15)12(8)18-11/h11H,2-6H2,1H3.